The molecule has 0 aliphatic rings. The van der Waals surface area contributed by atoms with Crippen LogP contribution in [-0.2, 0) is 6.42 Å². The Hall–Kier alpha value is -3.90. The molecule has 2 N–H and O–H groups in total. The molecule has 33 heavy (non-hydrogen) atoms. The van der Waals surface area contributed by atoms with Crippen LogP contribution < -0.4 is 5.73 Å². The SMILES string of the molecule is CN(CCCCc1nc2c3cc(F)cc(F)c3nc(N)n2n1)C(=O)c1cnc(C(F)F)cn1. The molecule has 0 spiro atoms. The van der Waals surface area contributed by atoms with Crippen LogP contribution in [0.3, 0.4) is 0 Å². The number of unbranched alkanes of at least 4 members (excludes halogenated alkanes) is 1. The molecule has 0 unspecified atom stereocenters. The number of fused-ring (bicyclic) bond motifs is 3. The number of nitrogen functional groups attached to an aromatic ring is 1. The Morgan fingerprint density at radius 2 is 1.94 bits per heavy atom. The van der Waals surface area contributed by atoms with Gasteiger partial charge in [-0.25, -0.2) is 32.5 Å². The number of carbonyl (C=O) groups is 1. The van der Waals surface area contributed by atoms with Gasteiger partial charge in [-0.2, -0.15) is 4.52 Å². The Balaban J connectivity index is 1.39. The molecule has 0 saturated carbocycles. The first-order chi connectivity index (χ1) is 15.7. The van der Waals surface area contributed by atoms with Gasteiger partial charge in [0.2, 0.25) is 5.95 Å². The molecule has 13 heteroatoms. The fourth-order valence-corrected chi connectivity index (χ4v) is 3.30. The molecule has 0 atom stereocenters. The van der Waals surface area contributed by atoms with Crippen LogP contribution in [0, 0.1) is 11.6 Å². The summed E-state index contributed by atoms with van der Waals surface area (Å²) in [4.78, 5) is 29.3. The molecular weight excluding hydrogens is 444 g/mol. The van der Waals surface area contributed by atoms with Crippen molar-refractivity contribution in [3.8, 4) is 0 Å². The van der Waals surface area contributed by atoms with E-state index in [0.717, 1.165) is 24.5 Å². The van der Waals surface area contributed by atoms with Crippen molar-refractivity contribution in [1.29, 1.82) is 0 Å². The van der Waals surface area contributed by atoms with E-state index in [0.29, 0.717) is 31.6 Å². The molecule has 0 radical (unpaired) electrons. The van der Waals surface area contributed by atoms with Crippen LogP contribution in [0.25, 0.3) is 16.6 Å². The molecule has 9 nitrogen and oxygen atoms in total. The van der Waals surface area contributed by atoms with Gasteiger partial charge in [0.1, 0.15) is 22.7 Å². The maximum Gasteiger partial charge on any atom is 0.281 e. The van der Waals surface area contributed by atoms with Crippen molar-refractivity contribution in [2.45, 2.75) is 25.7 Å². The highest BCUT2D eigenvalue weighted by Gasteiger charge is 2.17. The van der Waals surface area contributed by atoms with Crippen LogP contribution in [-0.4, -0.2) is 53.9 Å². The van der Waals surface area contributed by atoms with Crippen LogP contribution in [0.4, 0.5) is 23.5 Å². The third-order valence-corrected chi connectivity index (χ3v) is 4.97. The molecule has 1 amide bonds. The van der Waals surface area contributed by atoms with E-state index >= 15 is 0 Å². The standard InChI is InChI=1S/C20H18F4N8O/c1-31(19(33)14-9-26-13(8-27-14)17(23)24)5-3-2-4-15-28-18-11-6-10(21)7-12(22)16(11)29-20(25)32(18)30-15/h6-9,17H,2-5H2,1H3,(H2,25,29). The first-order valence-electron chi connectivity index (χ1n) is 9.90. The maximum absolute atomic E-state index is 14.0. The maximum atomic E-state index is 14.0. The molecule has 4 aromatic rings. The molecule has 4 rings (SSSR count). The number of alkyl halides is 2. The number of hydrogen-bond acceptors (Lipinski definition) is 7. The van der Waals surface area contributed by atoms with Crippen molar-refractivity contribution in [2.24, 2.45) is 0 Å². The van der Waals surface area contributed by atoms with Crippen LogP contribution in [0.15, 0.2) is 24.5 Å². The number of anilines is 1. The smallest absolute Gasteiger partial charge is 0.281 e. The first-order valence-corrected chi connectivity index (χ1v) is 9.90. The van der Waals surface area contributed by atoms with E-state index in [1.165, 1.54) is 9.42 Å². The highest BCUT2D eigenvalue weighted by Crippen LogP contribution is 2.23. The van der Waals surface area contributed by atoms with Gasteiger partial charge in [0.15, 0.2) is 17.3 Å². The Morgan fingerprint density at radius 1 is 1.15 bits per heavy atom. The Labute approximate surface area is 184 Å². The van der Waals surface area contributed by atoms with Gasteiger partial charge >= 0.3 is 0 Å². The van der Waals surface area contributed by atoms with Crippen LogP contribution >= 0.6 is 0 Å². The molecule has 0 bridgehead atoms. The van der Waals surface area contributed by atoms with Gasteiger partial charge in [-0.05, 0) is 18.9 Å². The van der Waals surface area contributed by atoms with Crippen molar-refractivity contribution >= 4 is 28.4 Å². The molecular formula is C20H18F4N8O. The normalized spacial score (nSPS) is 11.6. The molecule has 1 aromatic carbocycles. The zero-order chi connectivity index (χ0) is 23.7. The Bertz CT molecular complexity index is 1330. The summed E-state index contributed by atoms with van der Waals surface area (Å²) in [7, 11) is 1.57. The summed E-state index contributed by atoms with van der Waals surface area (Å²) < 4.78 is 54.0. The third kappa shape index (κ3) is 4.52. The minimum absolute atomic E-state index is 0.0294. The highest BCUT2D eigenvalue weighted by atomic mass is 19.3. The number of aromatic nitrogens is 6. The molecule has 172 valence electrons. The van der Waals surface area contributed by atoms with Crippen LogP contribution in [0.2, 0.25) is 0 Å². The van der Waals surface area contributed by atoms with E-state index in [1.54, 1.807) is 7.05 Å². The van der Waals surface area contributed by atoms with Crippen molar-refractivity contribution in [3.63, 3.8) is 0 Å². The topological polar surface area (TPSA) is 115 Å². The largest absolute Gasteiger partial charge is 0.368 e. The second-order valence-corrected chi connectivity index (χ2v) is 7.33. The minimum Gasteiger partial charge on any atom is -0.368 e. The van der Waals surface area contributed by atoms with Crippen LogP contribution in [0.5, 0.6) is 0 Å². The number of halogens is 4. The Kier molecular flexibility index (Phi) is 6.03. The van der Waals surface area contributed by atoms with Gasteiger partial charge in [0.05, 0.1) is 17.8 Å². The van der Waals surface area contributed by atoms with Gasteiger partial charge in [-0.1, -0.05) is 0 Å². The van der Waals surface area contributed by atoms with E-state index in [-0.39, 0.29) is 28.2 Å². The number of aryl methyl sites for hydroxylation is 1. The number of nitrogens with zero attached hydrogens (tertiary/aromatic N) is 7. The number of hydrogen-bond donors (Lipinski definition) is 1. The lowest BCUT2D eigenvalue weighted by molar-refractivity contribution is 0.0785. The van der Waals surface area contributed by atoms with Gasteiger partial charge in [-0.3, -0.25) is 9.78 Å². The molecule has 3 aromatic heterocycles. The second kappa shape index (κ2) is 8.92. The lowest BCUT2D eigenvalue weighted by Gasteiger charge is -2.16. The Morgan fingerprint density at radius 3 is 2.64 bits per heavy atom. The van der Waals surface area contributed by atoms with E-state index in [1.807, 2.05) is 0 Å². The average molecular weight is 462 g/mol. The summed E-state index contributed by atoms with van der Waals surface area (Å²) in [6, 6.07) is 1.84. The molecule has 0 saturated heterocycles. The van der Waals surface area contributed by atoms with E-state index in [2.05, 4.69) is 25.0 Å². The van der Waals surface area contributed by atoms with Gasteiger partial charge in [0.25, 0.3) is 12.3 Å². The van der Waals surface area contributed by atoms with Crippen molar-refractivity contribution in [2.75, 3.05) is 19.3 Å². The summed E-state index contributed by atoms with van der Waals surface area (Å²) in [5, 5.41) is 4.41. The van der Waals surface area contributed by atoms with Crippen molar-refractivity contribution in [3.05, 3.63) is 53.4 Å². The molecule has 0 aliphatic heterocycles. The van der Waals surface area contributed by atoms with Crippen LogP contribution in [0.1, 0.15) is 41.3 Å². The first kappa shape index (κ1) is 22.3. The predicted molar refractivity (Wildman–Crippen MR) is 110 cm³/mol. The lowest BCUT2D eigenvalue weighted by atomic mass is 10.2. The van der Waals surface area contributed by atoms with Gasteiger partial charge in [-0.15, -0.1) is 5.10 Å². The summed E-state index contributed by atoms with van der Waals surface area (Å²) >= 11 is 0. The van der Waals surface area contributed by atoms with Crippen molar-refractivity contribution in [1.82, 2.24) is 34.4 Å². The van der Waals surface area contributed by atoms with E-state index < -0.39 is 29.7 Å². The molecule has 0 aliphatic carbocycles. The summed E-state index contributed by atoms with van der Waals surface area (Å²) in [5.74, 6) is -1.72. The molecule has 3 heterocycles. The monoisotopic (exact) mass is 462 g/mol. The van der Waals surface area contributed by atoms with E-state index in [9.17, 15) is 22.4 Å². The summed E-state index contributed by atoms with van der Waals surface area (Å²) in [5.41, 5.74) is 5.42. The fourth-order valence-electron chi connectivity index (χ4n) is 3.30. The number of carbonyl (C=O) groups excluding carboxylic acids is 1. The zero-order valence-electron chi connectivity index (χ0n) is 17.3. The average Bonchev–Trinajstić information content (AvgIpc) is 3.22. The van der Waals surface area contributed by atoms with E-state index in [4.69, 9.17) is 5.73 Å². The molecule has 0 fully saturated rings. The van der Waals surface area contributed by atoms with Gasteiger partial charge in [0, 0.05) is 26.1 Å². The highest BCUT2D eigenvalue weighted by molar-refractivity contribution is 5.92. The fraction of sp³-hybridized carbons (Fsp3) is 0.300. The minimum atomic E-state index is -2.75. The number of benzene rings is 1. The van der Waals surface area contributed by atoms with Crippen molar-refractivity contribution < 1.29 is 22.4 Å². The third-order valence-electron chi connectivity index (χ3n) is 4.97. The predicted octanol–water partition coefficient (Wildman–Crippen LogP) is 2.96. The number of amides is 1. The van der Waals surface area contributed by atoms with Gasteiger partial charge < -0.3 is 10.6 Å². The summed E-state index contributed by atoms with van der Waals surface area (Å²) in [6.07, 6.45) is 0.745. The lowest BCUT2D eigenvalue weighted by Crippen LogP contribution is -2.28. The number of nitrogens with two attached hydrogens (primary N) is 1. The zero-order valence-corrected chi connectivity index (χ0v) is 17.3. The summed E-state index contributed by atoms with van der Waals surface area (Å²) in [6.45, 7) is 0.369. The number of rotatable bonds is 7. The quantitative estimate of drug-likeness (QED) is 0.332. The second-order valence-electron chi connectivity index (χ2n) is 7.33.